The van der Waals surface area contributed by atoms with Crippen LogP contribution >= 0.6 is 24.8 Å². The van der Waals surface area contributed by atoms with Crippen molar-refractivity contribution in [3.8, 4) is 0 Å². The van der Waals surface area contributed by atoms with Gasteiger partial charge in [-0.3, -0.25) is 0 Å². The van der Waals surface area contributed by atoms with Gasteiger partial charge in [0, 0.05) is 0 Å². The minimum Gasteiger partial charge on any atom is -0.147 e. The number of allylic oxidation sites excluding steroid dienone is 5. The summed E-state index contributed by atoms with van der Waals surface area (Å²) in [5.74, 6) is -1.02. The van der Waals surface area contributed by atoms with E-state index in [0.717, 1.165) is 11.1 Å². The first-order chi connectivity index (χ1) is 14.2. The number of rotatable bonds is 3. The van der Waals surface area contributed by atoms with Gasteiger partial charge >= 0.3 is 187 Å². The molecule has 0 fully saturated rings. The van der Waals surface area contributed by atoms with Crippen molar-refractivity contribution in [1.82, 2.24) is 0 Å². The second-order valence-electron chi connectivity index (χ2n) is 8.76. The molecule has 0 nitrogen and oxygen atoms in total. The molecule has 0 aromatic heterocycles. The molecule has 0 aliphatic heterocycles. The Morgan fingerprint density at radius 3 is 2.09 bits per heavy atom. The number of benzene rings is 2. The Bertz CT molecular complexity index is 1190. The van der Waals surface area contributed by atoms with Crippen molar-refractivity contribution in [3.05, 3.63) is 96.9 Å². The molecule has 0 bridgehead atoms. The van der Waals surface area contributed by atoms with Crippen LogP contribution in [0.3, 0.4) is 0 Å². The van der Waals surface area contributed by atoms with Crippen LogP contribution in [0.4, 0.5) is 8.78 Å². The molecule has 2 aliphatic rings. The average molecular weight is 571 g/mol. The molecule has 2 atom stereocenters. The Balaban J connectivity index is 0.00000181. The quantitative estimate of drug-likeness (QED) is 0.325. The molecule has 0 saturated heterocycles. The zero-order chi connectivity index (χ0) is 21.7. The fourth-order valence-corrected chi connectivity index (χ4v) is 24.7. The third kappa shape index (κ3) is 4.58. The van der Waals surface area contributed by atoms with Gasteiger partial charge in [0.15, 0.2) is 0 Å². The summed E-state index contributed by atoms with van der Waals surface area (Å²) < 4.78 is 29.8. The number of halogens is 4. The van der Waals surface area contributed by atoms with E-state index in [-0.39, 0.29) is 24.8 Å². The van der Waals surface area contributed by atoms with Crippen LogP contribution in [0, 0.1) is 17.6 Å². The van der Waals surface area contributed by atoms with Gasteiger partial charge in [-0.05, 0) is 0 Å². The van der Waals surface area contributed by atoms with Crippen LogP contribution in [-0.2, 0) is 20.4 Å². The van der Waals surface area contributed by atoms with Gasteiger partial charge in [0.05, 0.1) is 0 Å². The first-order valence-electron chi connectivity index (χ1n) is 10.5. The summed E-state index contributed by atoms with van der Waals surface area (Å²) in [7, 11) is 0. The summed E-state index contributed by atoms with van der Waals surface area (Å²) in [6.07, 6.45) is 2.40. The molecule has 2 aromatic carbocycles. The molecule has 0 heterocycles. The summed E-state index contributed by atoms with van der Waals surface area (Å²) in [5, 5.41) is 0. The van der Waals surface area contributed by atoms with Gasteiger partial charge in [0.2, 0.25) is 0 Å². The Labute approximate surface area is 210 Å². The molecule has 0 N–H and O–H groups in total. The molecule has 0 amide bonds. The zero-order valence-corrected chi connectivity index (χ0v) is 24.4. The van der Waals surface area contributed by atoms with Crippen molar-refractivity contribution in [1.29, 1.82) is 0 Å². The van der Waals surface area contributed by atoms with E-state index in [0.29, 0.717) is 9.54 Å². The summed E-state index contributed by atoms with van der Waals surface area (Å²) in [6, 6.07) is 12.9. The van der Waals surface area contributed by atoms with Gasteiger partial charge in [0.25, 0.3) is 0 Å². The fraction of sp³-hybridized carbons (Fsp3) is 0.308. The summed E-state index contributed by atoms with van der Waals surface area (Å²) >= 11 is -2.07. The Kier molecular flexibility index (Phi) is 9.12. The topological polar surface area (TPSA) is 0 Å². The van der Waals surface area contributed by atoms with Crippen molar-refractivity contribution in [2.45, 2.75) is 44.4 Å². The Morgan fingerprint density at radius 2 is 1.53 bits per heavy atom. The number of fused-ring (bicyclic) bond motifs is 1. The molecule has 0 radical (unpaired) electrons. The average Bonchev–Trinajstić information content (AvgIpc) is 3.18. The number of hydrogen-bond acceptors (Lipinski definition) is 0. The SMILES string of the molecule is CC1=C(C)C(C)[C]([Zr]([CH]2C=C(c3ccc(F)c(F)c3)c3ccccc32)=[Si](C)C)=C1C.Cl.Cl. The van der Waals surface area contributed by atoms with Crippen LogP contribution in [-0.4, -0.2) is 5.43 Å². The maximum atomic E-state index is 14.0. The monoisotopic (exact) mass is 568 g/mol. The van der Waals surface area contributed by atoms with Crippen molar-refractivity contribution >= 4 is 35.8 Å². The molecule has 32 heavy (non-hydrogen) atoms. The third-order valence-electron chi connectivity index (χ3n) is 6.93. The van der Waals surface area contributed by atoms with Crippen molar-refractivity contribution in [2.24, 2.45) is 5.92 Å². The molecule has 0 saturated carbocycles. The van der Waals surface area contributed by atoms with Crippen LogP contribution in [0.25, 0.3) is 5.57 Å². The predicted octanol–water partition coefficient (Wildman–Crippen LogP) is 8.42. The van der Waals surface area contributed by atoms with E-state index in [1.165, 1.54) is 40.0 Å². The Hall–Kier alpha value is -0.800. The fourth-order valence-electron chi connectivity index (χ4n) is 5.06. The molecule has 4 rings (SSSR count). The van der Waals surface area contributed by atoms with E-state index in [9.17, 15) is 8.78 Å². The molecule has 2 aromatic rings. The van der Waals surface area contributed by atoms with E-state index >= 15 is 0 Å². The van der Waals surface area contributed by atoms with Gasteiger partial charge in [-0.2, -0.15) is 0 Å². The van der Waals surface area contributed by atoms with E-state index in [1.54, 1.807) is 9.35 Å². The maximum Gasteiger partial charge on any atom is -0.147 e. The number of hydrogen-bond donors (Lipinski definition) is 0. The maximum absolute atomic E-state index is 14.0. The standard InChI is InChI=1S/C15H9F2.C9H13.C2H6Si.2ClH.Zr/c16-14-8-6-11(9-15(14)17)13-7-5-10-3-1-2-4-12(10)13;1-6-5-7(2)9(4)8(6)3;1-3-2;;;/h1-9H;6H,1-4H3;1-2H3;2*1H;. The van der Waals surface area contributed by atoms with Crippen LogP contribution in [0.15, 0.2) is 68.5 Å². The smallest absolute Gasteiger partial charge is 0.147 e. The first kappa shape index (κ1) is 27.4. The van der Waals surface area contributed by atoms with E-state index in [1.807, 2.05) is 0 Å². The van der Waals surface area contributed by atoms with Gasteiger partial charge < -0.3 is 0 Å². The molecule has 6 heteroatoms. The predicted molar refractivity (Wildman–Crippen MR) is 135 cm³/mol. The van der Waals surface area contributed by atoms with Crippen molar-refractivity contribution in [3.63, 3.8) is 0 Å². The van der Waals surface area contributed by atoms with Gasteiger partial charge in [-0.1, -0.05) is 0 Å². The summed E-state index contributed by atoms with van der Waals surface area (Å²) in [4.78, 5) is 0. The van der Waals surface area contributed by atoms with Crippen molar-refractivity contribution < 1.29 is 29.1 Å². The second kappa shape index (κ2) is 10.6. The zero-order valence-electron chi connectivity index (χ0n) is 19.3. The van der Waals surface area contributed by atoms with Gasteiger partial charge in [0.1, 0.15) is 0 Å². The molecule has 0 spiro atoms. The van der Waals surface area contributed by atoms with Gasteiger partial charge in [-0.25, -0.2) is 0 Å². The van der Waals surface area contributed by atoms with E-state index < -0.39 is 37.4 Å². The molecule has 2 unspecified atom stereocenters. The minimum absolute atomic E-state index is 0. The third-order valence-corrected chi connectivity index (χ3v) is 25.5. The molecular weight excluding hydrogens is 540 g/mol. The van der Waals surface area contributed by atoms with E-state index in [4.69, 9.17) is 0 Å². The molecule has 170 valence electrons. The van der Waals surface area contributed by atoms with Crippen molar-refractivity contribution in [2.75, 3.05) is 0 Å². The van der Waals surface area contributed by atoms with Crippen LogP contribution in [0.1, 0.15) is 48.0 Å². The summed E-state index contributed by atoms with van der Waals surface area (Å²) in [6.45, 7) is 14.3. The second-order valence-corrected chi connectivity index (χ2v) is 26.2. The largest absolute Gasteiger partial charge is 0.147 e. The Morgan fingerprint density at radius 1 is 0.875 bits per heavy atom. The van der Waals surface area contributed by atoms with Gasteiger partial charge in [-0.15, -0.1) is 24.8 Å². The molecule has 2 aliphatic carbocycles. The van der Waals surface area contributed by atoms with Crippen LogP contribution < -0.4 is 0 Å². The van der Waals surface area contributed by atoms with Crippen LogP contribution in [0.2, 0.25) is 13.1 Å². The molecular formula is C26H30Cl2F2SiZr. The first-order valence-corrected chi connectivity index (χ1v) is 19.4. The normalized spacial score (nSPS) is 19.3. The minimum atomic E-state index is -2.07. The van der Waals surface area contributed by atoms with Crippen LogP contribution in [0.5, 0.6) is 0 Å². The summed E-state index contributed by atoms with van der Waals surface area (Å²) in [5.41, 5.74) is 8.51. The van der Waals surface area contributed by atoms with E-state index in [2.05, 4.69) is 71.1 Å².